The van der Waals surface area contributed by atoms with E-state index in [2.05, 4.69) is 10.6 Å². The van der Waals surface area contributed by atoms with Crippen molar-refractivity contribution in [1.29, 1.82) is 0 Å². The lowest BCUT2D eigenvalue weighted by Gasteiger charge is -2.37. The van der Waals surface area contributed by atoms with E-state index < -0.39 is 71.4 Å². The molecule has 0 unspecified atom stereocenters. The van der Waals surface area contributed by atoms with Crippen LogP contribution in [0.25, 0.3) is 0 Å². The van der Waals surface area contributed by atoms with Gasteiger partial charge in [-0.1, -0.05) is 13.0 Å². The minimum Gasteiger partial charge on any atom is -0.343 e. The molecule has 3 aliphatic rings. The standard InChI is InChI=1S/C28H36F6N4O3/c1-2-21(39)37-23(25(41)38-12-7-17(8-13-38)28(32,33)34)26(10-11-26)18-5-6-20(19(29)14-18)36-24(40)22(35)16-4-3-9-27(30,31)15-16/h5-6,14,16-17,22-23H,2-4,7-13,15,35H2,1H3,(H,36,40)(H,37,39)/t16-,22-,23-/m0/s1. The summed E-state index contributed by atoms with van der Waals surface area (Å²) in [6, 6.07) is 1.61. The van der Waals surface area contributed by atoms with Crippen LogP contribution < -0.4 is 16.4 Å². The predicted molar refractivity (Wildman–Crippen MR) is 138 cm³/mol. The molecule has 3 atom stereocenters. The van der Waals surface area contributed by atoms with E-state index in [0.717, 1.165) is 6.07 Å². The maximum Gasteiger partial charge on any atom is 0.391 e. The Bertz CT molecular complexity index is 1150. The number of carbonyl (C=O) groups is 3. The van der Waals surface area contributed by atoms with Gasteiger partial charge in [-0.2, -0.15) is 13.2 Å². The Morgan fingerprint density at radius 2 is 1.76 bits per heavy atom. The van der Waals surface area contributed by atoms with Gasteiger partial charge < -0.3 is 21.3 Å². The molecule has 0 spiro atoms. The first kappa shape index (κ1) is 31.1. The Morgan fingerprint density at radius 1 is 1.10 bits per heavy atom. The van der Waals surface area contributed by atoms with E-state index in [1.165, 1.54) is 17.0 Å². The Morgan fingerprint density at radius 3 is 2.29 bits per heavy atom. The SMILES string of the molecule is CCC(=O)N[C@@H](C(=O)N1CCC(C(F)(F)F)CC1)C1(c2ccc(NC(=O)[C@@H](N)[C@H]3CCCC(F)(F)C3)c(F)c2)CC1. The topological polar surface area (TPSA) is 105 Å². The zero-order valence-electron chi connectivity index (χ0n) is 22.8. The fourth-order valence-electron chi connectivity index (χ4n) is 6.06. The van der Waals surface area contributed by atoms with Crippen LogP contribution in [-0.4, -0.2) is 59.9 Å². The molecule has 228 valence electrons. The lowest BCUT2D eigenvalue weighted by Crippen LogP contribution is -2.56. The van der Waals surface area contributed by atoms with Crippen molar-refractivity contribution >= 4 is 23.4 Å². The number of piperidine rings is 1. The van der Waals surface area contributed by atoms with E-state index in [4.69, 9.17) is 5.73 Å². The number of hydrogen-bond acceptors (Lipinski definition) is 4. The third-order valence-electron chi connectivity index (χ3n) is 8.77. The molecule has 0 aromatic heterocycles. The van der Waals surface area contributed by atoms with E-state index >= 15 is 4.39 Å². The molecule has 4 N–H and O–H groups in total. The van der Waals surface area contributed by atoms with Gasteiger partial charge in [0.25, 0.3) is 0 Å². The Kier molecular flexibility index (Phi) is 8.96. The number of hydrogen-bond donors (Lipinski definition) is 3. The molecule has 0 bridgehead atoms. The first-order valence-electron chi connectivity index (χ1n) is 14.1. The zero-order chi connectivity index (χ0) is 30.2. The number of amides is 3. The Hall–Kier alpha value is -2.83. The van der Waals surface area contributed by atoms with Crippen LogP contribution >= 0.6 is 0 Å². The summed E-state index contributed by atoms with van der Waals surface area (Å²) in [4.78, 5) is 39.9. The fraction of sp³-hybridized carbons (Fsp3) is 0.679. The molecule has 1 aliphatic heterocycles. The van der Waals surface area contributed by atoms with Crippen LogP contribution in [0.5, 0.6) is 0 Å². The molecule has 1 aromatic rings. The maximum atomic E-state index is 15.2. The van der Waals surface area contributed by atoms with Gasteiger partial charge in [-0.25, -0.2) is 13.2 Å². The van der Waals surface area contributed by atoms with Gasteiger partial charge in [0.05, 0.1) is 17.6 Å². The third kappa shape index (κ3) is 6.98. The lowest BCUT2D eigenvalue weighted by atomic mass is 9.81. The van der Waals surface area contributed by atoms with Crippen LogP contribution in [0, 0.1) is 17.7 Å². The van der Waals surface area contributed by atoms with E-state index in [1.807, 2.05) is 0 Å². The maximum absolute atomic E-state index is 15.2. The van der Waals surface area contributed by atoms with E-state index in [-0.39, 0.29) is 50.9 Å². The van der Waals surface area contributed by atoms with Crippen molar-refractivity contribution < 1.29 is 40.7 Å². The lowest BCUT2D eigenvalue weighted by molar-refractivity contribution is -0.186. The highest BCUT2D eigenvalue weighted by atomic mass is 19.4. The summed E-state index contributed by atoms with van der Waals surface area (Å²) in [7, 11) is 0. The molecule has 1 heterocycles. The average Bonchev–Trinajstić information content (AvgIpc) is 3.72. The van der Waals surface area contributed by atoms with Gasteiger partial charge in [-0.05, 0) is 62.1 Å². The van der Waals surface area contributed by atoms with Crippen molar-refractivity contribution in [3.63, 3.8) is 0 Å². The second-order valence-corrected chi connectivity index (χ2v) is 11.6. The van der Waals surface area contributed by atoms with E-state index in [0.29, 0.717) is 24.8 Å². The highest BCUT2D eigenvalue weighted by Gasteiger charge is 2.56. The number of anilines is 1. The first-order valence-corrected chi connectivity index (χ1v) is 14.1. The summed E-state index contributed by atoms with van der Waals surface area (Å²) in [5.74, 6) is -7.70. The van der Waals surface area contributed by atoms with Crippen LogP contribution in [-0.2, 0) is 19.8 Å². The zero-order valence-corrected chi connectivity index (χ0v) is 22.8. The summed E-state index contributed by atoms with van der Waals surface area (Å²) in [5, 5.41) is 5.08. The van der Waals surface area contributed by atoms with Crippen LogP contribution in [0.4, 0.5) is 32.0 Å². The number of halogens is 6. The van der Waals surface area contributed by atoms with Gasteiger partial charge >= 0.3 is 6.18 Å². The summed E-state index contributed by atoms with van der Waals surface area (Å²) < 4.78 is 82.2. The summed E-state index contributed by atoms with van der Waals surface area (Å²) in [6.07, 6.45) is -4.07. The number of rotatable bonds is 8. The van der Waals surface area contributed by atoms with Crippen molar-refractivity contribution in [3.8, 4) is 0 Å². The molecule has 2 aliphatic carbocycles. The monoisotopic (exact) mass is 590 g/mol. The van der Waals surface area contributed by atoms with Crippen molar-refractivity contribution in [2.24, 2.45) is 17.6 Å². The van der Waals surface area contributed by atoms with Gasteiger partial charge in [0, 0.05) is 37.8 Å². The number of benzene rings is 1. The Labute approximate surface area is 234 Å². The summed E-state index contributed by atoms with van der Waals surface area (Å²) >= 11 is 0. The van der Waals surface area contributed by atoms with Gasteiger partial charge in [0.1, 0.15) is 11.9 Å². The number of likely N-dealkylation sites (tertiary alicyclic amines) is 1. The predicted octanol–water partition coefficient (Wildman–Crippen LogP) is 4.64. The fourth-order valence-corrected chi connectivity index (χ4v) is 6.06. The first-order chi connectivity index (χ1) is 19.2. The largest absolute Gasteiger partial charge is 0.391 e. The van der Waals surface area contributed by atoms with Crippen LogP contribution in [0.2, 0.25) is 0 Å². The van der Waals surface area contributed by atoms with Crippen molar-refractivity contribution in [2.45, 2.75) is 94.3 Å². The van der Waals surface area contributed by atoms with Crippen LogP contribution in [0.1, 0.15) is 70.3 Å². The number of nitrogens with one attached hydrogen (secondary N) is 2. The molecule has 4 rings (SSSR count). The minimum absolute atomic E-state index is 0.0719. The van der Waals surface area contributed by atoms with Gasteiger partial charge in [0.2, 0.25) is 23.6 Å². The molecule has 7 nitrogen and oxygen atoms in total. The molecular weight excluding hydrogens is 554 g/mol. The highest BCUT2D eigenvalue weighted by molar-refractivity contribution is 5.95. The number of nitrogens with two attached hydrogens (primary N) is 1. The smallest absolute Gasteiger partial charge is 0.343 e. The number of carbonyl (C=O) groups excluding carboxylic acids is 3. The van der Waals surface area contributed by atoms with Crippen LogP contribution in [0.3, 0.4) is 0 Å². The second-order valence-electron chi connectivity index (χ2n) is 11.6. The van der Waals surface area contributed by atoms with Gasteiger partial charge in [-0.15, -0.1) is 0 Å². The Balaban J connectivity index is 1.49. The quantitative estimate of drug-likeness (QED) is 0.384. The molecule has 41 heavy (non-hydrogen) atoms. The molecule has 0 radical (unpaired) electrons. The van der Waals surface area contributed by atoms with Crippen LogP contribution in [0.15, 0.2) is 18.2 Å². The second kappa shape index (κ2) is 11.8. The molecule has 2 saturated carbocycles. The normalized spacial score (nSPS) is 23.8. The number of alkyl halides is 5. The highest BCUT2D eigenvalue weighted by Crippen LogP contribution is 2.52. The van der Waals surface area contributed by atoms with E-state index in [1.54, 1.807) is 6.92 Å². The molecule has 1 saturated heterocycles. The molecular formula is C28H36F6N4O3. The number of nitrogens with zero attached hydrogens (tertiary/aromatic N) is 1. The third-order valence-corrected chi connectivity index (χ3v) is 8.77. The van der Waals surface area contributed by atoms with Crippen molar-refractivity contribution in [3.05, 3.63) is 29.6 Å². The summed E-state index contributed by atoms with van der Waals surface area (Å²) in [5.41, 5.74) is 5.17. The molecule has 3 amide bonds. The average molecular weight is 591 g/mol. The van der Waals surface area contributed by atoms with Crippen molar-refractivity contribution in [2.75, 3.05) is 18.4 Å². The molecule has 13 heteroatoms. The van der Waals surface area contributed by atoms with Gasteiger partial charge in [-0.3, -0.25) is 14.4 Å². The van der Waals surface area contributed by atoms with Gasteiger partial charge in [0.15, 0.2) is 0 Å². The minimum atomic E-state index is -4.34. The summed E-state index contributed by atoms with van der Waals surface area (Å²) in [6.45, 7) is 1.38. The molecule has 3 fully saturated rings. The molecule has 1 aromatic carbocycles. The van der Waals surface area contributed by atoms with E-state index in [9.17, 15) is 36.3 Å². The van der Waals surface area contributed by atoms with Crippen molar-refractivity contribution in [1.82, 2.24) is 10.2 Å².